The van der Waals surface area contributed by atoms with E-state index in [1.54, 1.807) is 0 Å². The van der Waals surface area contributed by atoms with Gasteiger partial charge in [-0.3, -0.25) is 0 Å². The fourth-order valence-corrected chi connectivity index (χ4v) is 0.773. The topological polar surface area (TPSA) is 35.5 Å². The van der Waals surface area contributed by atoms with Gasteiger partial charge < -0.3 is 9.47 Å². The van der Waals surface area contributed by atoms with E-state index in [4.69, 9.17) is 4.74 Å². The van der Waals surface area contributed by atoms with Gasteiger partial charge in [-0.1, -0.05) is 0 Å². The van der Waals surface area contributed by atoms with Crippen LogP contribution in [0.5, 0.6) is 0 Å². The molecule has 2 atom stereocenters. The molecule has 9 heavy (non-hydrogen) atoms. The van der Waals surface area contributed by atoms with Crippen molar-refractivity contribution in [2.75, 3.05) is 12.8 Å². The fourth-order valence-electron chi connectivity index (χ4n) is 0.572. The van der Waals surface area contributed by atoms with Crippen molar-refractivity contribution in [3.05, 3.63) is 0 Å². The molecule has 52 valence electrons. The van der Waals surface area contributed by atoms with Gasteiger partial charge in [-0.15, -0.1) is 9.24 Å². The third kappa shape index (κ3) is 1.33. The van der Waals surface area contributed by atoms with Gasteiger partial charge in [0.25, 0.3) is 0 Å². The van der Waals surface area contributed by atoms with E-state index in [0.717, 1.165) is 6.16 Å². The Bertz CT molecular complexity index is 136. The number of rotatable bonds is 1. The van der Waals surface area contributed by atoms with E-state index in [1.807, 2.05) is 6.92 Å². The Balaban J connectivity index is 2.54. The van der Waals surface area contributed by atoms with Gasteiger partial charge in [0, 0.05) is 6.16 Å². The Morgan fingerprint density at radius 3 is 2.78 bits per heavy atom. The van der Waals surface area contributed by atoms with E-state index >= 15 is 0 Å². The van der Waals surface area contributed by atoms with Gasteiger partial charge in [-0.2, -0.15) is 0 Å². The average molecular weight is 148 g/mol. The van der Waals surface area contributed by atoms with Crippen molar-refractivity contribution in [3.8, 4) is 0 Å². The van der Waals surface area contributed by atoms with Gasteiger partial charge in [0.1, 0.15) is 6.61 Å². The Morgan fingerprint density at radius 2 is 2.56 bits per heavy atom. The van der Waals surface area contributed by atoms with Crippen molar-refractivity contribution in [1.82, 2.24) is 0 Å². The molecule has 0 aromatic carbocycles. The van der Waals surface area contributed by atoms with Crippen molar-refractivity contribution >= 4 is 15.4 Å². The lowest BCUT2D eigenvalue weighted by Gasteiger charge is -2.15. The molecule has 1 rings (SSSR count). The molecule has 0 N–H and O–H groups in total. The van der Waals surface area contributed by atoms with Gasteiger partial charge in [0.05, 0.1) is 0 Å². The maximum absolute atomic E-state index is 10.4. The summed E-state index contributed by atoms with van der Waals surface area (Å²) in [4.78, 5) is 10.4. The lowest BCUT2D eigenvalue weighted by atomic mass is 10.2. The van der Waals surface area contributed by atoms with Crippen LogP contribution in [0.15, 0.2) is 0 Å². The molecule has 1 aliphatic heterocycles. The normalized spacial score (nSPS) is 33.8. The van der Waals surface area contributed by atoms with Crippen LogP contribution in [0.4, 0.5) is 4.79 Å². The van der Waals surface area contributed by atoms with Crippen LogP contribution >= 0.6 is 9.24 Å². The first kappa shape index (κ1) is 6.81. The number of carbonyl (C=O) groups excluding carboxylic acids is 1. The molecule has 1 saturated heterocycles. The molecule has 0 aromatic heterocycles. The third-order valence-corrected chi connectivity index (χ3v) is 2.12. The molecule has 1 fully saturated rings. The SMILES string of the molecule is CC1(CP)COC(=O)O1. The minimum atomic E-state index is -0.556. The van der Waals surface area contributed by atoms with Gasteiger partial charge in [0.15, 0.2) is 5.60 Å². The van der Waals surface area contributed by atoms with Crippen LogP contribution in [0.2, 0.25) is 0 Å². The first-order valence-electron chi connectivity index (χ1n) is 2.72. The van der Waals surface area contributed by atoms with E-state index in [-0.39, 0.29) is 0 Å². The van der Waals surface area contributed by atoms with Gasteiger partial charge in [0.2, 0.25) is 0 Å². The van der Waals surface area contributed by atoms with Crippen molar-refractivity contribution in [3.63, 3.8) is 0 Å². The second kappa shape index (κ2) is 2.14. The van der Waals surface area contributed by atoms with Crippen LogP contribution in [0.3, 0.4) is 0 Å². The number of hydrogen-bond donors (Lipinski definition) is 0. The molecule has 0 amide bonds. The minimum Gasteiger partial charge on any atom is -0.430 e. The number of hydrogen-bond acceptors (Lipinski definition) is 3. The van der Waals surface area contributed by atoms with Crippen LogP contribution in [-0.2, 0) is 9.47 Å². The first-order chi connectivity index (χ1) is 4.16. The molecule has 0 aromatic rings. The van der Waals surface area contributed by atoms with E-state index in [1.165, 1.54) is 0 Å². The van der Waals surface area contributed by atoms with E-state index in [9.17, 15) is 4.79 Å². The summed E-state index contributed by atoms with van der Waals surface area (Å²) < 4.78 is 9.40. The molecule has 0 spiro atoms. The van der Waals surface area contributed by atoms with Crippen LogP contribution < -0.4 is 0 Å². The van der Waals surface area contributed by atoms with E-state index in [2.05, 4.69) is 14.0 Å². The van der Waals surface area contributed by atoms with E-state index in [0.29, 0.717) is 6.61 Å². The molecule has 0 aliphatic carbocycles. The third-order valence-electron chi connectivity index (χ3n) is 1.26. The van der Waals surface area contributed by atoms with Crippen molar-refractivity contribution in [2.24, 2.45) is 0 Å². The number of ether oxygens (including phenoxy) is 2. The quantitative estimate of drug-likeness (QED) is 0.407. The molecule has 1 aliphatic rings. The highest BCUT2D eigenvalue weighted by Gasteiger charge is 2.35. The zero-order valence-corrected chi connectivity index (χ0v) is 6.37. The summed E-state index contributed by atoms with van der Waals surface area (Å²) in [6.07, 6.45) is 0.165. The Hall–Kier alpha value is -0.300. The molecule has 0 saturated carbocycles. The summed E-state index contributed by atoms with van der Waals surface area (Å²) >= 11 is 0. The molecule has 1 heterocycles. The van der Waals surface area contributed by atoms with Crippen LogP contribution in [-0.4, -0.2) is 24.5 Å². The Labute approximate surface area is 55.9 Å². The molecular weight excluding hydrogens is 139 g/mol. The zero-order valence-electron chi connectivity index (χ0n) is 5.22. The maximum atomic E-state index is 10.4. The van der Waals surface area contributed by atoms with Crippen LogP contribution in [0.25, 0.3) is 0 Å². The predicted molar refractivity (Wildman–Crippen MR) is 35.4 cm³/mol. The van der Waals surface area contributed by atoms with Gasteiger partial charge in [-0.05, 0) is 6.92 Å². The predicted octanol–water partition coefficient (Wildman–Crippen LogP) is 0.787. The molecule has 0 bridgehead atoms. The second-order valence-corrected chi connectivity index (χ2v) is 2.70. The maximum Gasteiger partial charge on any atom is 0.509 e. The van der Waals surface area contributed by atoms with Gasteiger partial charge >= 0.3 is 6.16 Å². The Kier molecular flexibility index (Phi) is 1.62. The number of carbonyl (C=O) groups is 1. The Morgan fingerprint density at radius 1 is 1.89 bits per heavy atom. The molecular formula is C5H9O3P. The summed E-state index contributed by atoms with van der Waals surface area (Å²) in [6.45, 7) is 2.21. The standard InChI is InChI=1S/C5H9O3P/c1-5(3-9)2-7-4(6)8-5/h2-3,9H2,1H3. The highest BCUT2D eigenvalue weighted by molar-refractivity contribution is 7.16. The molecule has 2 unspecified atom stereocenters. The summed E-state index contributed by atoms with van der Waals surface area (Å²) in [5.41, 5.74) is -0.401. The van der Waals surface area contributed by atoms with Gasteiger partial charge in [-0.25, -0.2) is 4.79 Å². The van der Waals surface area contributed by atoms with Crippen LogP contribution in [0.1, 0.15) is 6.92 Å². The highest BCUT2D eigenvalue weighted by Crippen LogP contribution is 2.21. The second-order valence-electron chi connectivity index (χ2n) is 2.29. The minimum absolute atomic E-state index is 0.370. The van der Waals surface area contributed by atoms with Crippen molar-refractivity contribution in [1.29, 1.82) is 0 Å². The van der Waals surface area contributed by atoms with Crippen LogP contribution in [0, 0.1) is 0 Å². The average Bonchev–Trinajstić information content (AvgIpc) is 2.13. The summed E-state index contributed by atoms with van der Waals surface area (Å²) in [5.74, 6) is 0. The molecule has 0 radical (unpaired) electrons. The summed E-state index contributed by atoms with van der Waals surface area (Å²) in [6, 6.07) is 0. The summed E-state index contributed by atoms with van der Waals surface area (Å²) in [5, 5.41) is 0. The zero-order chi connectivity index (χ0) is 6.91. The highest BCUT2D eigenvalue weighted by atomic mass is 31.0. The summed E-state index contributed by atoms with van der Waals surface area (Å²) in [7, 11) is 2.51. The van der Waals surface area contributed by atoms with Crippen molar-refractivity contribution in [2.45, 2.75) is 12.5 Å². The fraction of sp³-hybridized carbons (Fsp3) is 0.800. The number of cyclic esters (lactones) is 2. The first-order valence-corrected chi connectivity index (χ1v) is 3.54. The molecule has 3 nitrogen and oxygen atoms in total. The lowest BCUT2D eigenvalue weighted by molar-refractivity contribution is 0.0866. The molecule has 4 heteroatoms. The monoisotopic (exact) mass is 148 g/mol. The van der Waals surface area contributed by atoms with Crippen molar-refractivity contribution < 1.29 is 14.3 Å². The van der Waals surface area contributed by atoms with E-state index < -0.39 is 11.8 Å². The largest absolute Gasteiger partial charge is 0.509 e. The lowest BCUT2D eigenvalue weighted by Crippen LogP contribution is -2.28. The smallest absolute Gasteiger partial charge is 0.430 e.